The molecule has 0 radical (unpaired) electrons. The maximum atomic E-state index is 7.08. The minimum absolute atomic E-state index is 0.0989. The predicted molar refractivity (Wildman–Crippen MR) is 149 cm³/mol. The summed E-state index contributed by atoms with van der Waals surface area (Å²) in [5.74, 6) is 0.745. The number of thiocarbonyl (C=S) groups is 1. The van der Waals surface area contributed by atoms with Gasteiger partial charge in [0, 0.05) is 29.5 Å². The number of rotatable bonds is 4. The molecule has 2 atom stereocenters. The zero-order chi connectivity index (χ0) is 24.9. The Morgan fingerprint density at radius 1 is 1.09 bits per heavy atom. The van der Waals surface area contributed by atoms with Crippen LogP contribution in [0.4, 0.5) is 11.4 Å². The number of aromatic nitrogens is 1. The molecule has 3 aromatic rings. The summed E-state index contributed by atoms with van der Waals surface area (Å²) < 4.78 is 5.71. The predicted octanol–water partition coefficient (Wildman–Crippen LogP) is 6.55. The van der Waals surface area contributed by atoms with Gasteiger partial charge in [-0.05, 0) is 80.5 Å². The Kier molecular flexibility index (Phi) is 5.98. The Hall–Kier alpha value is -3.09. The number of fused-ring (bicyclic) bond motifs is 1. The Labute approximate surface area is 217 Å². The molecule has 0 saturated carbocycles. The molecular weight excluding hydrogens is 476 g/mol. The molecule has 7 heteroatoms. The van der Waals surface area contributed by atoms with Crippen molar-refractivity contribution >= 4 is 45.9 Å². The lowest BCUT2D eigenvalue weighted by molar-refractivity contribution is 0.414. The number of para-hydroxylation sites is 2. The maximum Gasteiger partial charge on any atom is 0.174 e. The molecule has 0 spiro atoms. The number of pyridine rings is 1. The Bertz CT molecular complexity index is 1320. The van der Waals surface area contributed by atoms with Crippen LogP contribution in [0.15, 0.2) is 66.9 Å². The summed E-state index contributed by atoms with van der Waals surface area (Å²) >= 11 is 13.0. The molecule has 0 bridgehead atoms. The number of halogens is 1. The van der Waals surface area contributed by atoms with Crippen molar-refractivity contribution < 1.29 is 4.74 Å². The molecule has 5 nitrogen and oxygen atoms in total. The van der Waals surface area contributed by atoms with E-state index in [-0.39, 0.29) is 17.6 Å². The molecule has 0 aliphatic carbocycles. The average molecular weight is 505 g/mol. The van der Waals surface area contributed by atoms with Gasteiger partial charge in [0.05, 0.1) is 36.1 Å². The van der Waals surface area contributed by atoms with E-state index in [1.54, 1.807) is 13.3 Å². The third kappa shape index (κ3) is 3.95. The van der Waals surface area contributed by atoms with Gasteiger partial charge >= 0.3 is 0 Å². The smallest absolute Gasteiger partial charge is 0.174 e. The molecule has 0 unspecified atom stereocenters. The van der Waals surface area contributed by atoms with E-state index in [0.717, 1.165) is 28.4 Å². The summed E-state index contributed by atoms with van der Waals surface area (Å²) in [7, 11) is 3.79. The highest BCUT2D eigenvalue weighted by atomic mass is 35.5. The van der Waals surface area contributed by atoms with Gasteiger partial charge in [-0.3, -0.25) is 4.98 Å². The number of hydrogen-bond donors (Lipinski definition) is 1. The van der Waals surface area contributed by atoms with Gasteiger partial charge in [-0.25, -0.2) is 0 Å². The van der Waals surface area contributed by atoms with Crippen LogP contribution < -0.4 is 19.9 Å². The molecular formula is C28H29ClN4OS. The van der Waals surface area contributed by atoms with E-state index in [2.05, 4.69) is 66.1 Å². The molecule has 2 aromatic carbocycles. The van der Waals surface area contributed by atoms with Crippen molar-refractivity contribution in [1.82, 2.24) is 10.3 Å². The second-order valence-corrected chi connectivity index (χ2v) is 10.4. The number of benzene rings is 2. The number of allylic oxidation sites excluding steroid dienone is 1. The number of nitrogens with one attached hydrogen (secondary N) is 1. The highest BCUT2D eigenvalue weighted by molar-refractivity contribution is 7.80. The van der Waals surface area contributed by atoms with Crippen molar-refractivity contribution in [3.63, 3.8) is 0 Å². The van der Waals surface area contributed by atoms with Crippen LogP contribution in [-0.2, 0) is 0 Å². The van der Waals surface area contributed by atoms with Crippen molar-refractivity contribution in [3.05, 3.63) is 88.7 Å². The molecule has 2 aliphatic rings. The topological polar surface area (TPSA) is 40.6 Å². The Morgan fingerprint density at radius 2 is 1.83 bits per heavy atom. The molecule has 5 rings (SSSR count). The van der Waals surface area contributed by atoms with Gasteiger partial charge in [-0.15, -0.1) is 0 Å². The zero-order valence-electron chi connectivity index (χ0n) is 20.5. The third-order valence-corrected chi connectivity index (χ3v) is 7.74. The van der Waals surface area contributed by atoms with Crippen LogP contribution in [0.2, 0.25) is 5.02 Å². The van der Waals surface area contributed by atoms with Gasteiger partial charge in [0.2, 0.25) is 0 Å². The molecule has 35 heavy (non-hydrogen) atoms. The van der Waals surface area contributed by atoms with Crippen LogP contribution in [-0.4, -0.2) is 29.8 Å². The minimum Gasteiger partial charge on any atom is -0.495 e. The monoisotopic (exact) mass is 504 g/mol. The van der Waals surface area contributed by atoms with Gasteiger partial charge < -0.3 is 19.9 Å². The number of hydrogen-bond acceptors (Lipinski definition) is 4. The van der Waals surface area contributed by atoms with Gasteiger partial charge in [-0.1, -0.05) is 35.9 Å². The van der Waals surface area contributed by atoms with Crippen molar-refractivity contribution in [3.8, 4) is 5.75 Å². The first kappa shape index (κ1) is 23.6. The van der Waals surface area contributed by atoms with Crippen LogP contribution in [0.25, 0.3) is 5.57 Å². The van der Waals surface area contributed by atoms with E-state index in [1.165, 1.54) is 11.1 Å². The Morgan fingerprint density at radius 3 is 2.54 bits per heavy atom. The van der Waals surface area contributed by atoms with Crippen molar-refractivity contribution in [2.24, 2.45) is 0 Å². The first-order valence-corrected chi connectivity index (χ1v) is 12.4. The minimum atomic E-state index is -0.223. The quantitative estimate of drug-likeness (QED) is 0.406. The van der Waals surface area contributed by atoms with Gasteiger partial charge in [-0.2, -0.15) is 0 Å². The average Bonchev–Trinajstić information content (AvgIpc) is 3.19. The molecule has 1 saturated heterocycles. The van der Waals surface area contributed by atoms with E-state index in [0.29, 0.717) is 10.1 Å². The molecule has 0 amide bonds. The summed E-state index contributed by atoms with van der Waals surface area (Å²) in [6.45, 7) is 6.58. The van der Waals surface area contributed by atoms with E-state index in [1.807, 2.05) is 42.5 Å². The first-order valence-electron chi connectivity index (χ1n) is 11.6. The first-order chi connectivity index (χ1) is 16.7. The zero-order valence-corrected chi connectivity index (χ0v) is 22.1. The van der Waals surface area contributed by atoms with Crippen LogP contribution in [0.5, 0.6) is 5.75 Å². The fourth-order valence-electron chi connectivity index (χ4n) is 5.17. The van der Waals surface area contributed by atoms with Crippen LogP contribution >= 0.6 is 23.8 Å². The van der Waals surface area contributed by atoms with E-state index >= 15 is 0 Å². The SMILES string of the molecule is COc1ccccc1N1C(=S)N[C@@H](c2ccccn2)[C@H]1c1cc2c(cc1Cl)N(C)C(C)(C)C=C2C. The fraction of sp³-hybridized carbons (Fsp3) is 0.286. The summed E-state index contributed by atoms with van der Waals surface area (Å²) in [5.41, 5.74) is 6.19. The second-order valence-electron chi connectivity index (χ2n) is 9.60. The normalized spacial score (nSPS) is 20.9. The number of methoxy groups -OCH3 is 1. The molecule has 1 aromatic heterocycles. The highest BCUT2D eigenvalue weighted by Gasteiger charge is 2.43. The number of likely N-dealkylation sites (N-methyl/N-ethyl adjacent to an activating group) is 1. The standard InChI is InChI=1S/C28H29ClN4OS/c1-17-16-28(2,3)32(4)23-15-20(29)19(14-18(17)23)26-25(21-10-8-9-13-30-21)31-27(35)33(26)22-11-6-7-12-24(22)34-5/h6-16,25-26H,1-5H3,(H,31,35)/t25-,26+/m0/s1. The fourth-order valence-corrected chi connectivity index (χ4v) is 5.78. The van der Waals surface area contributed by atoms with E-state index in [9.17, 15) is 0 Å². The van der Waals surface area contributed by atoms with Gasteiger partial charge in [0.1, 0.15) is 5.75 Å². The Balaban J connectivity index is 1.72. The summed E-state index contributed by atoms with van der Waals surface area (Å²) in [4.78, 5) is 9.04. The molecule has 2 aliphatic heterocycles. The summed E-state index contributed by atoms with van der Waals surface area (Å²) in [6, 6.07) is 17.7. The highest BCUT2D eigenvalue weighted by Crippen LogP contribution is 2.49. The van der Waals surface area contributed by atoms with Crippen molar-refractivity contribution in [2.75, 3.05) is 24.0 Å². The van der Waals surface area contributed by atoms with Gasteiger partial charge in [0.15, 0.2) is 5.11 Å². The molecule has 3 heterocycles. The third-order valence-electron chi connectivity index (χ3n) is 7.10. The van der Waals surface area contributed by atoms with Crippen molar-refractivity contribution in [2.45, 2.75) is 38.4 Å². The second kappa shape index (κ2) is 8.85. The largest absolute Gasteiger partial charge is 0.495 e. The number of ether oxygens (including phenoxy) is 1. The lowest BCUT2D eigenvalue weighted by atomic mass is 9.86. The van der Waals surface area contributed by atoms with E-state index < -0.39 is 0 Å². The van der Waals surface area contributed by atoms with Crippen LogP contribution in [0, 0.1) is 0 Å². The van der Waals surface area contributed by atoms with Crippen LogP contribution in [0.3, 0.4) is 0 Å². The summed E-state index contributed by atoms with van der Waals surface area (Å²) in [6.07, 6.45) is 4.11. The van der Waals surface area contributed by atoms with Crippen molar-refractivity contribution in [1.29, 1.82) is 0 Å². The molecule has 1 N–H and O–H groups in total. The summed E-state index contributed by atoms with van der Waals surface area (Å²) in [5, 5.41) is 4.81. The number of anilines is 2. The van der Waals surface area contributed by atoms with E-state index in [4.69, 9.17) is 28.6 Å². The maximum absolute atomic E-state index is 7.08. The lowest BCUT2D eigenvalue weighted by Crippen LogP contribution is -2.42. The molecule has 1 fully saturated rings. The molecule has 180 valence electrons. The number of nitrogens with zero attached hydrogens (tertiary/aromatic N) is 3. The lowest BCUT2D eigenvalue weighted by Gasteiger charge is -2.41. The van der Waals surface area contributed by atoms with Gasteiger partial charge in [0.25, 0.3) is 0 Å². The van der Waals surface area contributed by atoms with Crippen LogP contribution in [0.1, 0.15) is 49.7 Å².